The van der Waals surface area contributed by atoms with Gasteiger partial charge in [0.05, 0.1) is 12.5 Å². The zero-order chi connectivity index (χ0) is 21.0. The van der Waals surface area contributed by atoms with Crippen LogP contribution in [-0.2, 0) is 27.2 Å². The van der Waals surface area contributed by atoms with Crippen LogP contribution in [0.4, 0.5) is 0 Å². The zero-order valence-corrected chi connectivity index (χ0v) is 17.3. The van der Waals surface area contributed by atoms with Crippen LogP contribution < -0.4 is 10.4 Å². The maximum absolute atomic E-state index is 12.4. The molecule has 0 saturated heterocycles. The van der Waals surface area contributed by atoms with Crippen molar-refractivity contribution in [3.63, 3.8) is 0 Å². The van der Waals surface area contributed by atoms with Gasteiger partial charge < -0.3 is 13.9 Å². The standard InChI is InChI=1S/C22H22O6S/c1-13(2)26-20(23)7-6-15-10-17-14(3)9-21(24)28-19(17)12-18(15)27-22(25)11-16-5-4-8-29-16/h4-5,8-10,12-13H,6-7,11H2,1-3H3. The van der Waals surface area contributed by atoms with Crippen molar-refractivity contribution in [3.05, 3.63) is 62.1 Å². The summed E-state index contributed by atoms with van der Waals surface area (Å²) < 4.78 is 16.0. The number of aryl methyl sites for hydroxylation is 2. The second-order valence-corrected chi connectivity index (χ2v) is 8.01. The van der Waals surface area contributed by atoms with Gasteiger partial charge in [-0.1, -0.05) is 6.07 Å². The van der Waals surface area contributed by atoms with Crippen molar-refractivity contribution in [2.75, 3.05) is 0 Å². The summed E-state index contributed by atoms with van der Waals surface area (Å²) in [6.07, 6.45) is 0.428. The van der Waals surface area contributed by atoms with Gasteiger partial charge in [-0.15, -0.1) is 11.3 Å². The monoisotopic (exact) mass is 414 g/mol. The molecule has 0 amide bonds. The smallest absolute Gasteiger partial charge is 0.336 e. The predicted octanol–water partition coefficient (Wildman–Crippen LogP) is 4.20. The van der Waals surface area contributed by atoms with Crippen molar-refractivity contribution in [3.8, 4) is 5.75 Å². The fourth-order valence-electron chi connectivity index (χ4n) is 2.95. The Bertz CT molecular complexity index is 1080. The van der Waals surface area contributed by atoms with Crippen LogP contribution in [0.5, 0.6) is 5.75 Å². The molecule has 0 unspecified atom stereocenters. The maximum Gasteiger partial charge on any atom is 0.336 e. The molecule has 0 atom stereocenters. The number of rotatable bonds is 7. The highest BCUT2D eigenvalue weighted by molar-refractivity contribution is 7.10. The molecule has 0 aliphatic rings. The number of esters is 2. The van der Waals surface area contributed by atoms with Crippen LogP contribution in [-0.4, -0.2) is 18.0 Å². The van der Waals surface area contributed by atoms with Gasteiger partial charge >= 0.3 is 17.6 Å². The van der Waals surface area contributed by atoms with Gasteiger partial charge in [0.2, 0.25) is 0 Å². The molecule has 2 heterocycles. The van der Waals surface area contributed by atoms with Crippen LogP contribution in [0, 0.1) is 6.92 Å². The first-order valence-corrected chi connectivity index (χ1v) is 10.2. The highest BCUT2D eigenvalue weighted by Gasteiger charge is 2.16. The van der Waals surface area contributed by atoms with Crippen LogP contribution in [0.15, 0.2) is 44.9 Å². The van der Waals surface area contributed by atoms with Gasteiger partial charge in [0, 0.05) is 28.8 Å². The fraction of sp³-hybridized carbons (Fsp3) is 0.318. The van der Waals surface area contributed by atoms with Gasteiger partial charge in [-0.2, -0.15) is 0 Å². The highest BCUT2D eigenvalue weighted by atomic mass is 32.1. The summed E-state index contributed by atoms with van der Waals surface area (Å²) in [7, 11) is 0. The van der Waals surface area contributed by atoms with Crippen molar-refractivity contribution in [1.29, 1.82) is 0 Å². The minimum absolute atomic E-state index is 0.141. The minimum Gasteiger partial charge on any atom is -0.463 e. The highest BCUT2D eigenvalue weighted by Crippen LogP contribution is 2.29. The molecular weight excluding hydrogens is 392 g/mol. The summed E-state index contributed by atoms with van der Waals surface area (Å²) >= 11 is 1.47. The first kappa shape index (κ1) is 20.8. The molecule has 6 nitrogen and oxygen atoms in total. The summed E-state index contributed by atoms with van der Waals surface area (Å²) in [4.78, 5) is 37.0. The van der Waals surface area contributed by atoms with Crippen molar-refractivity contribution in [2.45, 2.75) is 46.1 Å². The molecule has 3 rings (SSSR count). The first-order chi connectivity index (χ1) is 13.8. The molecule has 1 aromatic carbocycles. The SMILES string of the molecule is Cc1cc(=O)oc2cc(OC(=O)Cc3cccs3)c(CCC(=O)OC(C)C)cc12. The average Bonchev–Trinajstić information content (AvgIpc) is 3.12. The van der Waals surface area contributed by atoms with Crippen molar-refractivity contribution in [1.82, 2.24) is 0 Å². The van der Waals surface area contributed by atoms with Gasteiger partial charge in [-0.3, -0.25) is 9.59 Å². The van der Waals surface area contributed by atoms with Crippen LogP contribution in [0.25, 0.3) is 11.0 Å². The van der Waals surface area contributed by atoms with E-state index in [-0.39, 0.29) is 30.7 Å². The number of benzene rings is 1. The Balaban J connectivity index is 1.90. The molecule has 0 N–H and O–H groups in total. The summed E-state index contributed by atoms with van der Waals surface area (Å²) in [5.74, 6) is -0.467. The van der Waals surface area contributed by atoms with E-state index in [1.165, 1.54) is 17.4 Å². The third kappa shape index (κ3) is 5.54. The predicted molar refractivity (Wildman–Crippen MR) is 110 cm³/mol. The molecular formula is C22H22O6S. The normalized spacial score (nSPS) is 11.0. The number of carbonyl (C=O) groups is 2. The van der Waals surface area contributed by atoms with Crippen LogP contribution in [0.3, 0.4) is 0 Å². The van der Waals surface area contributed by atoms with Gasteiger partial charge in [0.1, 0.15) is 11.3 Å². The lowest BCUT2D eigenvalue weighted by Crippen LogP contribution is -2.14. The van der Waals surface area contributed by atoms with E-state index >= 15 is 0 Å². The Morgan fingerprint density at radius 1 is 1.17 bits per heavy atom. The van der Waals surface area contributed by atoms with E-state index in [9.17, 15) is 14.4 Å². The van der Waals surface area contributed by atoms with E-state index in [0.717, 1.165) is 15.8 Å². The van der Waals surface area contributed by atoms with Crippen LogP contribution in [0.1, 0.15) is 36.3 Å². The van der Waals surface area contributed by atoms with E-state index in [4.69, 9.17) is 13.9 Å². The van der Waals surface area contributed by atoms with Crippen molar-refractivity contribution in [2.24, 2.45) is 0 Å². The molecule has 0 aliphatic heterocycles. The largest absolute Gasteiger partial charge is 0.463 e. The van der Waals surface area contributed by atoms with Crippen molar-refractivity contribution < 1.29 is 23.5 Å². The van der Waals surface area contributed by atoms with E-state index in [0.29, 0.717) is 17.6 Å². The topological polar surface area (TPSA) is 82.8 Å². The summed E-state index contributed by atoms with van der Waals surface area (Å²) in [6.45, 7) is 5.38. The summed E-state index contributed by atoms with van der Waals surface area (Å²) in [5.41, 5.74) is 1.29. The van der Waals surface area contributed by atoms with Gasteiger partial charge in [0.25, 0.3) is 0 Å². The van der Waals surface area contributed by atoms with Gasteiger partial charge in [-0.25, -0.2) is 4.79 Å². The quantitative estimate of drug-likeness (QED) is 0.327. The number of hydrogen-bond acceptors (Lipinski definition) is 7. The number of hydrogen-bond donors (Lipinski definition) is 0. The number of carbonyl (C=O) groups excluding carboxylic acids is 2. The van der Waals surface area contributed by atoms with Crippen LogP contribution >= 0.6 is 11.3 Å². The lowest BCUT2D eigenvalue weighted by Gasteiger charge is -2.13. The van der Waals surface area contributed by atoms with E-state index in [1.807, 2.05) is 17.5 Å². The number of fused-ring (bicyclic) bond motifs is 1. The number of thiophene rings is 1. The fourth-order valence-corrected chi connectivity index (χ4v) is 3.64. The Kier molecular flexibility index (Phi) is 6.49. The molecule has 0 radical (unpaired) electrons. The third-order valence-electron chi connectivity index (χ3n) is 4.22. The first-order valence-electron chi connectivity index (χ1n) is 9.31. The average molecular weight is 414 g/mol. The molecule has 0 bridgehead atoms. The summed E-state index contributed by atoms with van der Waals surface area (Å²) in [6, 6.07) is 8.47. The Morgan fingerprint density at radius 2 is 1.97 bits per heavy atom. The zero-order valence-electron chi connectivity index (χ0n) is 16.5. The van der Waals surface area contributed by atoms with Gasteiger partial charge in [-0.05, 0) is 55.8 Å². The molecule has 7 heteroatoms. The second-order valence-electron chi connectivity index (χ2n) is 6.97. The van der Waals surface area contributed by atoms with Crippen LogP contribution in [0.2, 0.25) is 0 Å². The Morgan fingerprint density at radius 3 is 2.66 bits per heavy atom. The maximum atomic E-state index is 12.4. The lowest BCUT2D eigenvalue weighted by atomic mass is 10.0. The molecule has 0 spiro atoms. The molecule has 2 aromatic heterocycles. The van der Waals surface area contributed by atoms with Gasteiger partial charge in [0.15, 0.2) is 0 Å². The van der Waals surface area contributed by atoms with E-state index in [2.05, 4.69) is 0 Å². The van der Waals surface area contributed by atoms with E-state index < -0.39 is 11.6 Å². The lowest BCUT2D eigenvalue weighted by molar-refractivity contribution is -0.147. The minimum atomic E-state index is -0.473. The molecule has 3 aromatic rings. The molecule has 0 fully saturated rings. The second kappa shape index (κ2) is 9.05. The summed E-state index contributed by atoms with van der Waals surface area (Å²) in [5, 5.41) is 2.62. The molecule has 0 aliphatic carbocycles. The third-order valence-corrected chi connectivity index (χ3v) is 5.10. The Hall–Kier alpha value is -2.93. The number of ether oxygens (including phenoxy) is 2. The Labute approximate surface area is 172 Å². The van der Waals surface area contributed by atoms with E-state index in [1.54, 1.807) is 32.9 Å². The molecule has 152 valence electrons. The van der Waals surface area contributed by atoms with Crippen molar-refractivity contribution >= 4 is 34.2 Å². The molecule has 29 heavy (non-hydrogen) atoms. The molecule has 0 saturated carbocycles.